The molecule has 0 amide bonds. The van der Waals surface area contributed by atoms with Crippen LogP contribution in [0.25, 0.3) is 11.4 Å². The number of aryl methyl sites for hydroxylation is 1. The molecule has 78 valence electrons. The first-order valence-corrected chi connectivity index (χ1v) is 5.02. The van der Waals surface area contributed by atoms with Gasteiger partial charge in [0, 0.05) is 18.7 Å². The van der Waals surface area contributed by atoms with Gasteiger partial charge in [-0.2, -0.15) is 5.10 Å². The minimum Gasteiger partial charge on any atom is -0.326 e. The lowest BCUT2D eigenvalue weighted by Crippen LogP contribution is -2.01. The lowest BCUT2D eigenvalue weighted by molar-refractivity contribution is 0.666. The Balaban J connectivity index is 2.44. The standard InChI is InChI=1S/C11H14N4/c1-2-15-11(13-8-14-15)10-5-3-4-9(6-10)7-12/h3-6,8H,2,7,12H2,1H3. The van der Waals surface area contributed by atoms with Crippen LogP contribution in [-0.2, 0) is 13.1 Å². The summed E-state index contributed by atoms with van der Waals surface area (Å²) in [7, 11) is 0. The summed E-state index contributed by atoms with van der Waals surface area (Å²) in [5.74, 6) is 0.896. The van der Waals surface area contributed by atoms with Crippen molar-refractivity contribution in [2.45, 2.75) is 20.0 Å². The Hall–Kier alpha value is -1.68. The summed E-state index contributed by atoms with van der Waals surface area (Å²) in [6.45, 7) is 3.42. The van der Waals surface area contributed by atoms with Crippen LogP contribution in [0, 0.1) is 0 Å². The summed E-state index contributed by atoms with van der Waals surface area (Å²) in [5.41, 5.74) is 7.78. The van der Waals surface area contributed by atoms with E-state index in [0.29, 0.717) is 6.54 Å². The zero-order chi connectivity index (χ0) is 10.7. The number of nitrogens with zero attached hydrogens (tertiary/aromatic N) is 3. The zero-order valence-corrected chi connectivity index (χ0v) is 8.72. The molecule has 15 heavy (non-hydrogen) atoms. The van der Waals surface area contributed by atoms with Gasteiger partial charge in [0.05, 0.1) is 0 Å². The predicted molar refractivity (Wildman–Crippen MR) is 59.0 cm³/mol. The minimum absolute atomic E-state index is 0.550. The van der Waals surface area contributed by atoms with E-state index in [4.69, 9.17) is 5.73 Å². The Labute approximate surface area is 88.8 Å². The van der Waals surface area contributed by atoms with Gasteiger partial charge in [0.25, 0.3) is 0 Å². The Morgan fingerprint density at radius 2 is 2.27 bits per heavy atom. The van der Waals surface area contributed by atoms with Crippen LogP contribution in [-0.4, -0.2) is 14.8 Å². The molecular formula is C11H14N4. The quantitative estimate of drug-likeness (QED) is 0.819. The fourth-order valence-electron chi connectivity index (χ4n) is 1.56. The van der Waals surface area contributed by atoms with Gasteiger partial charge in [-0.1, -0.05) is 18.2 Å². The molecule has 2 N–H and O–H groups in total. The Morgan fingerprint density at radius 3 is 3.00 bits per heavy atom. The van der Waals surface area contributed by atoms with Crippen molar-refractivity contribution < 1.29 is 0 Å². The van der Waals surface area contributed by atoms with Crippen LogP contribution >= 0.6 is 0 Å². The molecule has 0 saturated heterocycles. The Bertz CT molecular complexity index is 447. The lowest BCUT2D eigenvalue weighted by Gasteiger charge is -2.04. The van der Waals surface area contributed by atoms with E-state index < -0.39 is 0 Å². The molecule has 0 bridgehead atoms. The SMILES string of the molecule is CCn1ncnc1-c1cccc(CN)c1. The minimum atomic E-state index is 0.550. The van der Waals surface area contributed by atoms with Crippen LogP contribution in [0.5, 0.6) is 0 Å². The monoisotopic (exact) mass is 202 g/mol. The second-order valence-electron chi connectivity index (χ2n) is 3.30. The lowest BCUT2D eigenvalue weighted by atomic mass is 10.1. The van der Waals surface area contributed by atoms with Crippen molar-refractivity contribution in [2.75, 3.05) is 0 Å². The molecule has 4 heteroatoms. The average molecular weight is 202 g/mol. The molecule has 4 nitrogen and oxygen atoms in total. The smallest absolute Gasteiger partial charge is 0.158 e. The van der Waals surface area contributed by atoms with E-state index in [9.17, 15) is 0 Å². The summed E-state index contributed by atoms with van der Waals surface area (Å²) in [6.07, 6.45) is 1.58. The van der Waals surface area contributed by atoms with E-state index >= 15 is 0 Å². The van der Waals surface area contributed by atoms with Gasteiger partial charge in [-0.3, -0.25) is 0 Å². The molecule has 0 saturated carbocycles. The van der Waals surface area contributed by atoms with Gasteiger partial charge in [0.1, 0.15) is 6.33 Å². The van der Waals surface area contributed by atoms with Crippen LogP contribution in [0.1, 0.15) is 12.5 Å². The van der Waals surface area contributed by atoms with Crippen molar-refractivity contribution in [1.82, 2.24) is 14.8 Å². The topological polar surface area (TPSA) is 56.7 Å². The highest BCUT2D eigenvalue weighted by molar-refractivity contribution is 5.56. The molecule has 1 aromatic carbocycles. The summed E-state index contributed by atoms with van der Waals surface area (Å²) < 4.78 is 1.87. The number of aromatic nitrogens is 3. The van der Waals surface area contributed by atoms with Gasteiger partial charge in [0.15, 0.2) is 5.82 Å². The molecule has 1 aromatic heterocycles. The summed E-state index contributed by atoms with van der Waals surface area (Å²) in [6, 6.07) is 8.08. The summed E-state index contributed by atoms with van der Waals surface area (Å²) in [4.78, 5) is 4.24. The van der Waals surface area contributed by atoms with Crippen LogP contribution in [0.4, 0.5) is 0 Å². The number of rotatable bonds is 3. The average Bonchev–Trinajstić information content (AvgIpc) is 2.77. The molecule has 0 aliphatic heterocycles. The van der Waals surface area contributed by atoms with E-state index in [-0.39, 0.29) is 0 Å². The number of nitrogens with two attached hydrogens (primary N) is 1. The Morgan fingerprint density at radius 1 is 1.40 bits per heavy atom. The maximum Gasteiger partial charge on any atom is 0.158 e. The predicted octanol–water partition coefficient (Wildman–Crippen LogP) is 1.42. The van der Waals surface area contributed by atoms with Crippen molar-refractivity contribution in [3.63, 3.8) is 0 Å². The van der Waals surface area contributed by atoms with Gasteiger partial charge in [-0.05, 0) is 18.6 Å². The molecule has 0 unspecified atom stereocenters. The molecule has 1 heterocycles. The van der Waals surface area contributed by atoms with E-state index in [2.05, 4.69) is 16.1 Å². The number of hydrogen-bond donors (Lipinski definition) is 1. The third-order valence-electron chi connectivity index (χ3n) is 2.34. The maximum atomic E-state index is 5.60. The van der Waals surface area contributed by atoms with Crippen LogP contribution in [0.15, 0.2) is 30.6 Å². The maximum absolute atomic E-state index is 5.60. The van der Waals surface area contributed by atoms with Crippen LogP contribution < -0.4 is 5.73 Å². The van der Waals surface area contributed by atoms with Gasteiger partial charge in [-0.25, -0.2) is 9.67 Å². The van der Waals surface area contributed by atoms with Gasteiger partial charge in [0.2, 0.25) is 0 Å². The van der Waals surface area contributed by atoms with Crippen molar-refractivity contribution in [3.8, 4) is 11.4 Å². The van der Waals surface area contributed by atoms with E-state index in [1.807, 2.05) is 29.8 Å². The molecule has 0 aliphatic carbocycles. The molecular weight excluding hydrogens is 188 g/mol. The van der Waals surface area contributed by atoms with Gasteiger partial charge < -0.3 is 5.73 Å². The van der Waals surface area contributed by atoms with Crippen molar-refractivity contribution in [1.29, 1.82) is 0 Å². The highest BCUT2D eigenvalue weighted by Gasteiger charge is 2.05. The summed E-state index contributed by atoms with van der Waals surface area (Å²) in [5, 5.41) is 4.14. The molecule has 0 radical (unpaired) electrons. The van der Waals surface area contributed by atoms with Crippen LogP contribution in [0.3, 0.4) is 0 Å². The molecule has 0 fully saturated rings. The van der Waals surface area contributed by atoms with Crippen molar-refractivity contribution in [3.05, 3.63) is 36.2 Å². The van der Waals surface area contributed by atoms with Gasteiger partial charge in [-0.15, -0.1) is 0 Å². The van der Waals surface area contributed by atoms with E-state index in [1.54, 1.807) is 6.33 Å². The zero-order valence-electron chi connectivity index (χ0n) is 8.72. The first-order valence-electron chi connectivity index (χ1n) is 5.02. The molecule has 2 aromatic rings. The van der Waals surface area contributed by atoms with Crippen LogP contribution in [0.2, 0.25) is 0 Å². The fraction of sp³-hybridized carbons (Fsp3) is 0.273. The Kier molecular flexibility index (Phi) is 2.78. The molecule has 0 aliphatic rings. The number of benzene rings is 1. The second kappa shape index (κ2) is 4.23. The van der Waals surface area contributed by atoms with E-state index in [1.165, 1.54) is 0 Å². The number of hydrogen-bond acceptors (Lipinski definition) is 3. The highest BCUT2D eigenvalue weighted by atomic mass is 15.3. The van der Waals surface area contributed by atoms with Gasteiger partial charge >= 0.3 is 0 Å². The third-order valence-corrected chi connectivity index (χ3v) is 2.34. The normalized spacial score (nSPS) is 10.5. The third kappa shape index (κ3) is 1.89. The first-order chi connectivity index (χ1) is 7.35. The van der Waals surface area contributed by atoms with Crippen molar-refractivity contribution >= 4 is 0 Å². The fourth-order valence-corrected chi connectivity index (χ4v) is 1.56. The molecule has 2 rings (SSSR count). The van der Waals surface area contributed by atoms with Crippen molar-refractivity contribution in [2.24, 2.45) is 5.73 Å². The molecule has 0 spiro atoms. The summed E-state index contributed by atoms with van der Waals surface area (Å²) >= 11 is 0. The second-order valence-corrected chi connectivity index (χ2v) is 3.30. The highest BCUT2D eigenvalue weighted by Crippen LogP contribution is 2.17. The largest absolute Gasteiger partial charge is 0.326 e. The van der Waals surface area contributed by atoms with E-state index in [0.717, 1.165) is 23.5 Å². The molecule has 0 atom stereocenters. The first kappa shape index (κ1) is 9.86.